The standard InChI is InChI=1S/C14H18BrFO2/c1-14(2,8-17)11-6-9(16)7-12(15)13(11)18-10-4-3-5-10/h6-7,10,17H,3-5,8H2,1-2H3. The van der Waals surface area contributed by atoms with E-state index >= 15 is 0 Å². The molecule has 1 aliphatic carbocycles. The molecule has 0 aliphatic heterocycles. The average Bonchev–Trinajstić information content (AvgIpc) is 2.24. The van der Waals surface area contributed by atoms with Crippen molar-refractivity contribution in [2.45, 2.75) is 44.6 Å². The second-order valence-corrected chi connectivity index (χ2v) is 6.33. The minimum Gasteiger partial charge on any atom is -0.489 e. The number of benzene rings is 1. The fraction of sp³-hybridized carbons (Fsp3) is 0.571. The summed E-state index contributed by atoms with van der Waals surface area (Å²) in [7, 11) is 0. The van der Waals surface area contributed by atoms with Crippen LogP contribution in [-0.4, -0.2) is 17.8 Å². The van der Waals surface area contributed by atoms with Crippen molar-refractivity contribution in [3.63, 3.8) is 0 Å². The minimum absolute atomic E-state index is 0.0517. The van der Waals surface area contributed by atoms with E-state index in [1.54, 1.807) is 0 Å². The van der Waals surface area contributed by atoms with Gasteiger partial charge >= 0.3 is 0 Å². The van der Waals surface area contributed by atoms with Crippen molar-refractivity contribution in [1.82, 2.24) is 0 Å². The van der Waals surface area contributed by atoms with Gasteiger partial charge < -0.3 is 9.84 Å². The molecule has 4 heteroatoms. The maximum atomic E-state index is 13.5. The van der Waals surface area contributed by atoms with E-state index in [9.17, 15) is 9.50 Å². The Morgan fingerprint density at radius 2 is 2.11 bits per heavy atom. The minimum atomic E-state index is -0.524. The zero-order chi connectivity index (χ0) is 13.3. The average molecular weight is 317 g/mol. The fourth-order valence-corrected chi connectivity index (χ4v) is 2.45. The number of aliphatic hydroxyl groups is 1. The highest BCUT2D eigenvalue weighted by molar-refractivity contribution is 9.10. The molecule has 1 aromatic carbocycles. The van der Waals surface area contributed by atoms with Crippen LogP contribution >= 0.6 is 15.9 Å². The first-order valence-corrected chi connectivity index (χ1v) is 7.00. The van der Waals surface area contributed by atoms with E-state index in [4.69, 9.17) is 4.74 Å². The van der Waals surface area contributed by atoms with Gasteiger partial charge in [-0.2, -0.15) is 0 Å². The SMILES string of the molecule is CC(C)(CO)c1cc(F)cc(Br)c1OC1CCC1. The lowest BCUT2D eigenvalue weighted by molar-refractivity contribution is 0.114. The summed E-state index contributed by atoms with van der Waals surface area (Å²) in [6.45, 7) is 3.70. The topological polar surface area (TPSA) is 29.5 Å². The first-order valence-electron chi connectivity index (χ1n) is 6.21. The molecular formula is C14H18BrFO2. The van der Waals surface area contributed by atoms with Gasteiger partial charge in [0.25, 0.3) is 0 Å². The van der Waals surface area contributed by atoms with Gasteiger partial charge in [-0.3, -0.25) is 0 Å². The molecular weight excluding hydrogens is 299 g/mol. The van der Waals surface area contributed by atoms with E-state index in [0.717, 1.165) is 12.8 Å². The Morgan fingerprint density at radius 3 is 2.61 bits per heavy atom. The van der Waals surface area contributed by atoms with Crippen LogP contribution in [0.15, 0.2) is 16.6 Å². The zero-order valence-electron chi connectivity index (χ0n) is 10.7. The third-order valence-corrected chi connectivity index (χ3v) is 4.06. The summed E-state index contributed by atoms with van der Waals surface area (Å²) in [6.07, 6.45) is 3.49. The normalized spacial score (nSPS) is 16.5. The highest BCUT2D eigenvalue weighted by atomic mass is 79.9. The number of hydrogen-bond acceptors (Lipinski definition) is 2. The van der Waals surface area contributed by atoms with Crippen molar-refractivity contribution in [2.24, 2.45) is 0 Å². The van der Waals surface area contributed by atoms with Gasteiger partial charge in [0.2, 0.25) is 0 Å². The van der Waals surface area contributed by atoms with Crippen LogP contribution in [0.4, 0.5) is 4.39 Å². The predicted molar refractivity (Wildman–Crippen MR) is 72.5 cm³/mol. The molecule has 18 heavy (non-hydrogen) atoms. The van der Waals surface area contributed by atoms with E-state index < -0.39 is 5.41 Å². The molecule has 0 heterocycles. The molecule has 0 aromatic heterocycles. The predicted octanol–water partition coefficient (Wildman–Crippen LogP) is 3.79. The Labute approximate surface area is 115 Å². The maximum absolute atomic E-state index is 13.5. The lowest BCUT2D eigenvalue weighted by Crippen LogP contribution is -2.28. The van der Waals surface area contributed by atoms with Crippen molar-refractivity contribution in [1.29, 1.82) is 0 Å². The molecule has 0 amide bonds. The molecule has 0 spiro atoms. The second kappa shape index (κ2) is 5.17. The molecule has 1 N–H and O–H groups in total. The van der Waals surface area contributed by atoms with Crippen LogP contribution in [0.25, 0.3) is 0 Å². The maximum Gasteiger partial charge on any atom is 0.137 e. The summed E-state index contributed by atoms with van der Waals surface area (Å²) < 4.78 is 20.1. The molecule has 2 rings (SSSR count). The number of hydrogen-bond donors (Lipinski definition) is 1. The second-order valence-electron chi connectivity index (χ2n) is 5.48. The molecule has 0 atom stereocenters. The van der Waals surface area contributed by atoms with Crippen molar-refractivity contribution in [2.75, 3.05) is 6.61 Å². The van der Waals surface area contributed by atoms with Gasteiger partial charge in [0.15, 0.2) is 0 Å². The highest BCUT2D eigenvalue weighted by Crippen LogP contribution is 2.40. The van der Waals surface area contributed by atoms with Gasteiger partial charge in [-0.25, -0.2) is 4.39 Å². The Bertz CT molecular complexity index is 442. The lowest BCUT2D eigenvalue weighted by Gasteiger charge is -2.31. The van der Waals surface area contributed by atoms with Crippen molar-refractivity contribution < 1.29 is 14.2 Å². The lowest BCUT2D eigenvalue weighted by atomic mass is 9.84. The summed E-state index contributed by atoms with van der Waals surface area (Å²) in [6, 6.07) is 2.86. The van der Waals surface area contributed by atoms with Crippen LogP contribution in [0, 0.1) is 5.82 Å². The van der Waals surface area contributed by atoms with Crippen LogP contribution in [-0.2, 0) is 5.41 Å². The Balaban J connectivity index is 2.40. The van der Waals surface area contributed by atoms with Gasteiger partial charge in [-0.1, -0.05) is 13.8 Å². The molecule has 1 fully saturated rings. The number of aliphatic hydroxyl groups excluding tert-OH is 1. The third-order valence-electron chi connectivity index (χ3n) is 3.47. The van der Waals surface area contributed by atoms with Crippen LogP contribution in [0.2, 0.25) is 0 Å². The first-order chi connectivity index (χ1) is 8.44. The summed E-state index contributed by atoms with van der Waals surface area (Å²) in [5, 5.41) is 9.47. The molecule has 0 saturated heterocycles. The fourth-order valence-electron chi connectivity index (χ4n) is 1.92. The van der Waals surface area contributed by atoms with Crippen LogP contribution in [0.1, 0.15) is 38.7 Å². The summed E-state index contributed by atoms with van der Waals surface area (Å²) >= 11 is 3.35. The van der Waals surface area contributed by atoms with Crippen LogP contribution in [0.3, 0.4) is 0 Å². The van der Waals surface area contributed by atoms with Crippen molar-refractivity contribution >= 4 is 15.9 Å². The van der Waals surface area contributed by atoms with Crippen molar-refractivity contribution in [3.05, 3.63) is 28.0 Å². The number of halogens is 2. The van der Waals surface area contributed by atoms with Crippen LogP contribution in [0.5, 0.6) is 5.75 Å². The molecule has 0 bridgehead atoms. The third kappa shape index (κ3) is 2.69. The molecule has 0 radical (unpaired) electrons. The number of ether oxygens (including phenoxy) is 1. The van der Waals surface area contributed by atoms with E-state index in [-0.39, 0.29) is 18.5 Å². The summed E-state index contributed by atoms with van der Waals surface area (Å²) in [5.74, 6) is 0.347. The molecule has 100 valence electrons. The van der Waals surface area contributed by atoms with E-state index in [1.165, 1.54) is 18.6 Å². The number of rotatable bonds is 4. The quantitative estimate of drug-likeness (QED) is 0.915. The van der Waals surface area contributed by atoms with E-state index in [0.29, 0.717) is 15.8 Å². The Morgan fingerprint density at radius 1 is 1.44 bits per heavy atom. The van der Waals surface area contributed by atoms with Crippen molar-refractivity contribution in [3.8, 4) is 5.75 Å². The van der Waals surface area contributed by atoms with Gasteiger partial charge in [-0.05, 0) is 47.3 Å². The highest BCUT2D eigenvalue weighted by Gasteiger charge is 2.29. The summed E-state index contributed by atoms with van der Waals surface area (Å²) in [5.41, 5.74) is 0.188. The molecule has 1 aromatic rings. The Kier molecular flexibility index (Phi) is 3.97. The van der Waals surface area contributed by atoms with Crippen LogP contribution < -0.4 is 4.74 Å². The van der Waals surface area contributed by atoms with E-state index in [1.807, 2.05) is 13.8 Å². The van der Waals surface area contributed by atoms with E-state index in [2.05, 4.69) is 15.9 Å². The zero-order valence-corrected chi connectivity index (χ0v) is 12.3. The summed E-state index contributed by atoms with van der Waals surface area (Å²) in [4.78, 5) is 0. The van der Waals surface area contributed by atoms with Gasteiger partial charge in [0.05, 0.1) is 17.2 Å². The van der Waals surface area contributed by atoms with Gasteiger partial charge in [-0.15, -0.1) is 0 Å². The molecule has 0 unspecified atom stereocenters. The molecule has 1 aliphatic rings. The van der Waals surface area contributed by atoms with Gasteiger partial charge in [0, 0.05) is 11.0 Å². The first kappa shape index (κ1) is 13.8. The smallest absolute Gasteiger partial charge is 0.137 e. The largest absolute Gasteiger partial charge is 0.489 e. The van der Waals surface area contributed by atoms with Gasteiger partial charge in [0.1, 0.15) is 11.6 Å². The Hall–Kier alpha value is -0.610. The molecule has 2 nitrogen and oxygen atoms in total. The molecule has 1 saturated carbocycles. The monoisotopic (exact) mass is 316 g/mol.